The van der Waals surface area contributed by atoms with E-state index in [0.29, 0.717) is 0 Å². The molecule has 4 rings (SSSR count). The first-order valence-corrected chi connectivity index (χ1v) is 6.66. The summed E-state index contributed by atoms with van der Waals surface area (Å²) in [7, 11) is 2.09. The molecular weight excluding hydrogens is 250 g/mol. The Hall–Kier alpha value is -2.56. The SMILES string of the molecule is Cn1c(Cc2ccncc2)nc2c1=C1C=CNN(C=2)C1. The van der Waals surface area contributed by atoms with E-state index in [1.165, 1.54) is 16.5 Å². The van der Waals surface area contributed by atoms with Crippen LogP contribution in [0.5, 0.6) is 0 Å². The number of imidazole rings is 1. The third kappa shape index (κ3) is 1.71. The predicted molar refractivity (Wildman–Crippen MR) is 76.4 cm³/mol. The van der Waals surface area contributed by atoms with E-state index in [1.807, 2.05) is 30.7 Å². The van der Waals surface area contributed by atoms with Crippen LogP contribution in [-0.2, 0) is 13.5 Å². The highest BCUT2D eigenvalue weighted by Crippen LogP contribution is 2.08. The van der Waals surface area contributed by atoms with E-state index in [0.717, 1.165) is 24.1 Å². The van der Waals surface area contributed by atoms with Crippen molar-refractivity contribution in [2.24, 2.45) is 7.05 Å². The second-order valence-electron chi connectivity index (χ2n) is 5.10. The van der Waals surface area contributed by atoms with E-state index in [2.05, 4.69) is 39.3 Å². The molecule has 5 heteroatoms. The summed E-state index contributed by atoms with van der Waals surface area (Å²) in [6, 6.07) is 4.07. The first kappa shape index (κ1) is 11.3. The Bertz CT molecular complexity index is 801. The molecule has 0 amide bonds. The summed E-state index contributed by atoms with van der Waals surface area (Å²) in [4.78, 5) is 8.84. The van der Waals surface area contributed by atoms with E-state index >= 15 is 0 Å². The first-order chi connectivity index (χ1) is 9.81. The Kier molecular flexibility index (Phi) is 2.39. The molecule has 2 aromatic heterocycles. The van der Waals surface area contributed by atoms with Crippen LogP contribution in [0.3, 0.4) is 0 Å². The molecule has 0 saturated heterocycles. The fourth-order valence-electron chi connectivity index (χ4n) is 2.78. The Morgan fingerprint density at radius 3 is 3.00 bits per heavy atom. The number of nitrogens with zero attached hydrogens (tertiary/aromatic N) is 4. The predicted octanol–water partition coefficient (Wildman–Crippen LogP) is -0.358. The van der Waals surface area contributed by atoms with Crippen molar-refractivity contribution in [1.82, 2.24) is 25.0 Å². The summed E-state index contributed by atoms with van der Waals surface area (Å²) < 4.78 is 2.20. The van der Waals surface area contributed by atoms with Crippen LogP contribution >= 0.6 is 0 Å². The fraction of sp³-hybridized carbons (Fsp3) is 0.200. The largest absolute Gasteiger partial charge is 0.331 e. The number of rotatable bonds is 2. The maximum atomic E-state index is 4.78. The minimum absolute atomic E-state index is 0.824. The zero-order chi connectivity index (χ0) is 13.5. The maximum Gasteiger partial charge on any atom is 0.114 e. The zero-order valence-corrected chi connectivity index (χ0v) is 11.2. The van der Waals surface area contributed by atoms with Crippen LogP contribution in [0.25, 0.3) is 11.8 Å². The highest BCUT2D eigenvalue weighted by molar-refractivity contribution is 5.61. The number of fused-ring (bicyclic) bond motifs is 3. The molecule has 0 fully saturated rings. The van der Waals surface area contributed by atoms with Gasteiger partial charge < -0.3 is 9.99 Å². The molecule has 5 nitrogen and oxygen atoms in total. The zero-order valence-electron chi connectivity index (χ0n) is 11.2. The van der Waals surface area contributed by atoms with Gasteiger partial charge in [0.1, 0.15) is 11.2 Å². The lowest BCUT2D eigenvalue weighted by Gasteiger charge is -2.26. The van der Waals surface area contributed by atoms with Crippen LogP contribution in [0.4, 0.5) is 0 Å². The number of hydrogen-bond acceptors (Lipinski definition) is 4. The van der Waals surface area contributed by atoms with Gasteiger partial charge in [-0.05, 0) is 23.8 Å². The van der Waals surface area contributed by atoms with Crippen molar-refractivity contribution in [1.29, 1.82) is 0 Å². The molecule has 2 aromatic rings. The van der Waals surface area contributed by atoms with Gasteiger partial charge >= 0.3 is 0 Å². The van der Waals surface area contributed by atoms with E-state index in [4.69, 9.17) is 4.98 Å². The molecule has 0 unspecified atom stereocenters. The quantitative estimate of drug-likeness (QED) is 0.806. The van der Waals surface area contributed by atoms with Gasteiger partial charge in [0.25, 0.3) is 0 Å². The second kappa shape index (κ2) is 4.23. The van der Waals surface area contributed by atoms with Gasteiger partial charge in [-0.1, -0.05) is 0 Å². The smallest absolute Gasteiger partial charge is 0.114 e. The van der Waals surface area contributed by atoms with Crippen molar-refractivity contribution in [3.8, 4) is 0 Å². The standard InChI is InChI=1S/C15H15N5/c1-19-14(8-11-2-5-16-6-3-11)18-13-10-20-9-12(15(13)19)4-7-17-20/h2-7,10,17H,8-9H2,1H3. The van der Waals surface area contributed by atoms with Gasteiger partial charge in [0.15, 0.2) is 0 Å². The number of pyridine rings is 1. The summed E-state index contributed by atoms with van der Waals surface area (Å²) in [5.41, 5.74) is 5.72. The number of nitrogens with one attached hydrogen (secondary N) is 1. The lowest BCUT2D eigenvalue weighted by molar-refractivity contribution is 0.378. The number of hydrogen-bond donors (Lipinski definition) is 1. The average molecular weight is 265 g/mol. The summed E-state index contributed by atoms with van der Waals surface area (Å²) in [5.74, 6) is 1.08. The molecular formula is C15H15N5. The summed E-state index contributed by atoms with van der Waals surface area (Å²) in [6.07, 6.45) is 10.6. The highest BCUT2D eigenvalue weighted by Gasteiger charge is 2.16. The third-order valence-corrected chi connectivity index (χ3v) is 3.77. The Morgan fingerprint density at radius 2 is 2.15 bits per heavy atom. The Labute approximate surface area is 116 Å². The van der Waals surface area contributed by atoms with Gasteiger partial charge in [0, 0.05) is 43.8 Å². The van der Waals surface area contributed by atoms with Crippen molar-refractivity contribution in [3.05, 3.63) is 58.9 Å². The molecule has 4 heterocycles. The number of aromatic nitrogens is 3. The topological polar surface area (TPSA) is 46.0 Å². The van der Waals surface area contributed by atoms with E-state index in [9.17, 15) is 0 Å². The van der Waals surface area contributed by atoms with Crippen molar-refractivity contribution < 1.29 is 0 Å². The molecule has 1 N–H and O–H groups in total. The third-order valence-electron chi connectivity index (χ3n) is 3.77. The van der Waals surface area contributed by atoms with E-state index < -0.39 is 0 Å². The maximum absolute atomic E-state index is 4.78. The molecule has 0 aromatic carbocycles. The minimum Gasteiger partial charge on any atom is -0.331 e. The lowest BCUT2D eigenvalue weighted by atomic mass is 10.2. The average Bonchev–Trinajstić information content (AvgIpc) is 2.77. The van der Waals surface area contributed by atoms with Crippen LogP contribution in [0.1, 0.15) is 11.4 Å². The van der Waals surface area contributed by atoms with Crippen molar-refractivity contribution in [2.75, 3.05) is 6.54 Å². The van der Waals surface area contributed by atoms with Crippen molar-refractivity contribution >= 4 is 11.8 Å². The second-order valence-corrected chi connectivity index (χ2v) is 5.10. The van der Waals surface area contributed by atoms with Crippen molar-refractivity contribution in [3.63, 3.8) is 0 Å². The van der Waals surface area contributed by atoms with E-state index in [1.54, 1.807) is 0 Å². The van der Waals surface area contributed by atoms with Crippen LogP contribution in [0.15, 0.2) is 36.8 Å². The Balaban J connectivity index is 1.86. The van der Waals surface area contributed by atoms with Gasteiger partial charge in [-0.25, -0.2) is 4.98 Å². The van der Waals surface area contributed by atoms with Crippen molar-refractivity contribution in [2.45, 2.75) is 6.42 Å². The van der Waals surface area contributed by atoms with Gasteiger partial charge in [0.2, 0.25) is 0 Å². The highest BCUT2D eigenvalue weighted by atomic mass is 15.5. The molecule has 0 saturated carbocycles. The summed E-state index contributed by atoms with van der Waals surface area (Å²) in [5, 5.41) is 4.32. The van der Waals surface area contributed by atoms with Gasteiger partial charge in [0.05, 0.1) is 11.9 Å². The minimum atomic E-state index is 0.824. The molecule has 0 spiro atoms. The molecule has 2 aliphatic heterocycles. The van der Waals surface area contributed by atoms with Gasteiger partial charge in [-0.15, -0.1) is 0 Å². The fourth-order valence-corrected chi connectivity index (χ4v) is 2.78. The van der Waals surface area contributed by atoms with Crippen LogP contribution in [-0.4, -0.2) is 26.1 Å². The summed E-state index contributed by atoms with van der Waals surface area (Å²) >= 11 is 0. The molecule has 20 heavy (non-hydrogen) atoms. The summed E-state index contributed by atoms with van der Waals surface area (Å²) in [6.45, 7) is 0.887. The van der Waals surface area contributed by atoms with E-state index in [-0.39, 0.29) is 0 Å². The first-order valence-electron chi connectivity index (χ1n) is 6.66. The number of hydrazine groups is 1. The molecule has 2 bridgehead atoms. The normalized spacial score (nSPS) is 15.7. The molecule has 100 valence electrons. The van der Waals surface area contributed by atoms with Crippen LogP contribution in [0, 0.1) is 0 Å². The van der Waals surface area contributed by atoms with Gasteiger partial charge in [-0.3, -0.25) is 9.99 Å². The van der Waals surface area contributed by atoms with Crippen LogP contribution < -0.4 is 16.1 Å². The molecule has 0 aliphatic carbocycles. The lowest BCUT2D eigenvalue weighted by Crippen LogP contribution is -2.46. The van der Waals surface area contributed by atoms with Crippen LogP contribution in [0.2, 0.25) is 0 Å². The molecule has 0 radical (unpaired) electrons. The molecule has 0 atom stereocenters. The van der Waals surface area contributed by atoms with Gasteiger partial charge in [-0.2, -0.15) is 0 Å². The Morgan fingerprint density at radius 1 is 1.30 bits per heavy atom. The molecule has 2 aliphatic rings. The monoisotopic (exact) mass is 265 g/mol.